The molecule has 0 spiro atoms. The lowest BCUT2D eigenvalue weighted by Crippen LogP contribution is -1.99. The summed E-state index contributed by atoms with van der Waals surface area (Å²) in [6.07, 6.45) is 5.20. The number of hydrogen-bond donors (Lipinski definition) is 0. The van der Waals surface area contributed by atoms with Crippen molar-refractivity contribution in [2.75, 3.05) is 6.61 Å². The van der Waals surface area contributed by atoms with Crippen LogP contribution in [0.3, 0.4) is 0 Å². The van der Waals surface area contributed by atoms with E-state index in [9.17, 15) is 0 Å². The molecule has 114 valence electrons. The van der Waals surface area contributed by atoms with Gasteiger partial charge in [0.25, 0.3) is 0 Å². The highest BCUT2D eigenvalue weighted by Gasteiger charge is 2.03. The zero-order valence-corrected chi connectivity index (χ0v) is 15.2. The van der Waals surface area contributed by atoms with E-state index in [1.54, 1.807) is 0 Å². The Labute approximate surface area is 148 Å². The molecule has 0 aliphatic heterocycles. The number of rotatable bonds is 7. The fourth-order valence-electron chi connectivity index (χ4n) is 1.98. The molecule has 0 heterocycles. The summed E-state index contributed by atoms with van der Waals surface area (Å²) >= 11 is 6.96. The lowest BCUT2D eigenvalue weighted by Gasteiger charge is -2.10. The highest BCUT2D eigenvalue weighted by molar-refractivity contribution is 9.08. The van der Waals surface area contributed by atoms with Crippen LogP contribution in [-0.4, -0.2) is 6.61 Å². The van der Waals surface area contributed by atoms with Gasteiger partial charge >= 0.3 is 0 Å². The number of terminal acetylenes is 1. The molecule has 0 aliphatic rings. The van der Waals surface area contributed by atoms with Crippen LogP contribution >= 0.6 is 31.9 Å². The Morgan fingerprint density at radius 3 is 2.18 bits per heavy atom. The molecule has 0 aromatic heterocycles. The van der Waals surface area contributed by atoms with Gasteiger partial charge in [0.2, 0.25) is 0 Å². The lowest BCUT2D eigenvalue weighted by atomic mass is 10.1. The molecule has 0 bridgehead atoms. The van der Waals surface area contributed by atoms with Crippen LogP contribution in [0.15, 0.2) is 42.5 Å². The molecule has 22 heavy (non-hydrogen) atoms. The summed E-state index contributed by atoms with van der Waals surface area (Å²) < 4.78 is 11.3. The van der Waals surface area contributed by atoms with E-state index in [1.807, 2.05) is 36.4 Å². The minimum atomic E-state index is 0.270. The van der Waals surface area contributed by atoms with Crippen LogP contribution in [0.1, 0.15) is 16.7 Å². The number of halogens is 2. The summed E-state index contributed by atoms with van der Waals surface area (Å²) in [6, 6.07) is 14.0. The van der Waals surface area contributed by atoms with Crippen molar-refractivity contribution >= 4 is 31.9 Å². The van der Waals surface area contributed by atoms with E-state index in [0.29, 0.717) is 6.61 Å². The van der Waals surface area contributed by atoms with Gasteiger partial charge in [-0.05, 0) is 41.0 Å². The van der Waals surface area contributed by atoms with Gasteiger partial charge in [0.1, 0.15) is 24.7 Å². The summed E-state index contributed by atoms with van der Waals surface area (Å²) in [5, 5.41) is 1.61. The maximum atomic E-state index is 5.90. The van der Waals surface area contributed by atoms with Crippen LogP contribution in [0.25, 0.3) is 0 Å². The number of alkyl halides is 2. The zero-order chi connectivity index (χ0) is 15.8. The van der Waals surface area contributed by atoms with Crippen LogP contribution in [0.2, 0.25) is 0 Å². The van der Waals surface area contributed by atoms with Crippen molar-refractivity contribution in [3.8, 4) is 23.8 Å². The van der Waals surface area contributed by atoms with Crippen LogP contribution in [0, 0.1) is 12.3 Å². The molecule has 0 saturated heterocycles. The predicted molar refractivity (Wildman–Crippen MR) is 96.8 cm³/mol. The first-order valence-corrected chi connectivity index (χ1v) is 9.02. The molecule has 0 fully saturated rings. The third kappa shape index (κ3) is 5.08. The zero-order valence-electron chi connectivity index (χ0n) is 12.0. The molecule has 0 aliphatic carbocycles. The average Bonchev–Trinajstić information content (AvgIpc) is 2.58. The average molecular weight is 424 g/mol. The van der Waals surface area contributed by atoms with Gasteiger partial charge in [0.05, 0.1) is 0 Å². The van der Waals surface area contributed by atoms with E-state index in [0.717, 1.165) is 27.7 Å². The van der Waals surface area contributed by atoms with E-state index in [2.05, 4.69) is 43.8 Å². The summed E-state index contributed by atoms with van der Waals surface area (Å²) in [6.45, 7) is 0.757. The van der Waals surface area contributed by atoms with Crippen LogP contribution in [-0.2, 0) is 17.3 Å². The Bertz CT molecular complexity index is 640. The molecule has 2 rings (SSSR count). The standard InChI is InChI=1S/C18H16Br2O2/c1-2-6-21-17-5-3-4-14(8-17)13-22-18-9-15(11-19)7-16(10-18)12-20/h1,3-5,7-10H,6,11-13H2. The molecular weight excluding hydrogens is 408 g/mol. The largest absolute Gasteiger partial charge is 0.489 e. The molecule has 2 aromatic carbocycles. The third-order valence-electron chi connectivity index (χ3n) is 2.96. The second-order valence-corrected chi connectivity index (χ2v) is 5.80. The van der Waals surface area contributed by atoms with Crippen molar-refractivity contribution in [2.24, 2.45) is 0 Å². The van der Waals surface area contributed by atoms with Gasteiger partial charge in [-0.2, -0.15) is 0 Å². The molecule has 0 unspecified atom stereocenters. The highest BCUT2D eigenvalue weighted by atomic mass is 79.9. The van der Waals surface area contributed by atoms with Gasteiger partial charge in [-0.3, -0.25) is 0 Å². The molecule has 0 saturated carbocycles. The number of hydrogen-bond acceptors (Lipinski definition) is 2. The third-order valence-corrected chi connectivity index (χ3v) is 4.26. The topological polar surface area (TPSA) is 18.5 Å². The second-order valence-electron chi connectivity index (χ2n) is 4.68. The molecule has 0 N–H and O–H groups in total. The van der Waals surface area contributed by atoms with E-state index in [4.69, 9.17) is 15.9 Å². The molecule has 0 atom stereocenters. The first-order valence-electron chi connectivity index (χ1n) is 6.78. The highest BCUT2D eigenvalue weighted by Crippen LogP contribution is 2.22. The first-order chi connectivity index (χ1) is 10.7. The smallest absolute Gasteiger partial charge is 0.148 e. The Morgan fingerprint density at radius 1 is 0.864 bits per heavy atom. The number of ether oxygens (including phenoxy) is 2. The predicted octanol–water partition coefficient (Wildman–Crippen LogP) is 5.07. The van der Waals surface area contributed by atoms with Crippen LogP contribution < -0.4 is 9.47 Å². The van der Waals surface area contributed by atoms with Gasteiger partial charge in [-0.25, -0.2) is 0 Å². The summed E-state index contributed by atoms with van der Waals surface area (Å²) in [5.74, 6) is 4.08. The van der Waals surface area contributed by atoms with Gasteiger partial charge in [0, 0.05) is 10.7 Å². The van der Waals surface area contributed by atoms with Crippen molar-refractivity contribution in [2.45, 2.75) is 17.3 Å². The Kier molecular flexibility index (Phi) is 6.82. The molecule has 0 radical (unpaired) electrons. The van der Waals surface area contributed by atoms with Gasteiger partial charge in [-0.1, -0.05) is 56.0 Å². The van der Waals surface area contributed by atoms with Crippen LogP contribution in [0.5, 0.6) is 11.5 Å². The first kappa shape index (κ1) is 16.9. The summed E-state index contributed by atoms with van der Waals surface area (Å²) in [4.78, 5) is 0. The molecule has 0 amide bonds. The molecule has 2 aromatic rings. The van der Waals surface area contributed by atoms with Crippen molar-refractivity contribution in [3.63, 3.8) is 0 Å². The minimum absolute atomic E-state index is 0.270. The minimum Gasteiger partial charge on any atom is -0.489 e. The summed E-state index contributed by atoms with van der Waals surface area (Å²) in [5.41, 5.74) is 3.43. The van der Waals surface area contributed by atoms with E-state index in [-0.39, 0.29) is 6.61 Å². The molecule has 2 nitrogen and oxygen atoms in total. The Hall–Kier alpha value is -1.44. The molecule has 4 heteroatoms. The van der Waals surface area contributed by atoms with Gasteiger partial charge in [0.15, 0.2) is 0 Å². The van der Waals surface area contributed by atoms with Crippen LogP contribution in [0.4, 0.5) is 0 Å². The maximum absolute atomic E-state index is 5.90. The fraction of sp³-hybridized carbons (Fsp3) is 0.222. The van der Waals surface area contributed by atoms with Gasteiger partial charge < -0.3 is 9.47 Å². The van der Waals surface area contributed by atoms with Crippen molar-refractivity contribution < 1.29 is 9.47 Å². The second kappa shape index (κ2) is 8.87. The van der Waals surface area contributed by atoms with Crippen molar-refractivity contribution in [3.05, 3.63) is 59.2 Å². The van der Waals surface area contributed by atoms with Gasteiger partial charge in [-0.15, -0.1) is 6.42 Å². The maximum Gasteiger partial charge on any atom is 0.148 e. The van der Waals surface area contributed by atoms with E-state index >= 15 is 0 Å². The van der Waals surface area contributed by atoms with E-state index in [1.165, 1.54) is 11.1 Å². The quantitative estimate of drug-likeness (QED) is 0.457. The Morgan fingerprint density at radius 2 is 1.55 bits per heavy atom. The monoisotopic (exact) mass is 422 g/mol. The molecular formula is C18H16Br2O2. The van der Waals surface area contributed by atoms with Crippen molar-refractivity contribution in [1.29, 1.82) is 0 Å². The normalized spacial score (nSPS) is 10.0. The number of benzene rings is 2. The summed E-state index contributed by atoms with van der Waals surface area (Å²) in [7, 11) is 0. The Balaban J connectivity index is 2.05. The SMILES string of the molecule is C#CCOc1cccc(COc2cc(CBr)cc(CBr)c2)c1. The lowest BCUT2D eigenvalue weighted by molar-refractivity contribution is 0.304. The fourth-order valence-corrected chi connectivity index (χ4v) is 2.63. The van der Waals surface area contributed by atoms with Crippen molar-refractivity contribution in [1.82, 2.24) is 0 Å². The van der Waals surface area contributed by atoms with E-state index < -0.39 is 0 Å².